The van der Waals surface area contributed by atoms with Gasteiger partial charge >= 0.3 is 5.97 Å². The molecule has 0 amide bonds. The standard InChI is InChI=1S/C32H33N3O4/c1-38-16-17-39-32(37)26-10-8-25(9-11-26)31(36)19-23-4-2-5-24(18-23)21-35-15-13-28(22-35)34-30-7-3-6-27-20-33-14-12-29(27)30/h2-12,14,18,20,28,34H,13,15-17,19,21-22H2,1H3. The molecule has 2 heterocycles. The first kappa shape index (κ1) is 26.5. The lowest BCUT2D eigenvalue weighted by atomic mass is 10.0. The molecule has 0 bridgehead atoms. The van der Waals surface area contributed by atoms with E-state index in [-0.39, 0.29) is 12.4 Å². The number of fused-ring (bicyclic) bond motifs is 1. The molecule has 1 atom stereocenters. The summed E-state index contributed by atoms with van der Waals surface area (Å²) >= 11 is 0. The summed E-state index contributed by atoms with van der Waals surface area (Å²) in [5.74, 6) is -0.408. The van der Waals surface area contributed by atoms with Crippen LogP contribution in [0.3, 0.4) is 0 Å². The van der Waals surface area contributed by atoms with Gasteiger partial charge in [0, 0.05) is 73.6 Å². The highest BCUT2D eigenvalue weighted by Crippen LogP contribution is 2.25. The summed E-state index contributed by atoms with van der Waals surface area (Å²) in [5, 5.41) is 6.06. The predicted octanol–water partition coefficient (Wildman–Crippen LogP) is 5.15. The SMILES string of the molecule is COCCOC(=O)c1ccc(C(=O)Cc2cccc(CN3CCC(Nc4cccc5cnccc45)C3)c2)cc1. The van der Waals surface area contributed by atoms with Crippen molar-refractivity contribution < 1.29 is 19.1 Å². The first-order valence-electron chi connectivity index (χ1n) is 13.3. The van der Waals surface area contributed by atoms with Gasteiger partial charge in [-0.25, -0.2) is 4.79 Å². The number of hydrogen-bond donors (Lipinski definition) is 1. The van der Waals surface area contributed by atoms with Crippen LogP contribution in [0.5, 0.6) is 0 Å². The van der Waals surface area contributed by atoms with E-state index in [1.807, 2.05) is 24.5 Å². The van der Waals surface area contributed by atoms with Gasteiger partial charge in [0.15, 0.2) is 5.78 Å². The number of hydrogen-bond acceptors (Lipinski definition) is 7. The number of benzene rings is 3. The highest BCUT2D eigenvalue weighted by Gasteiger charge is 2.23. The molecule has 5 rings (SSSR count). The number of pyridine rings is 1. The third-order valence-corrected chi connectivity index (χ3v) is 7.04. The maximum absolute atomic E-state index is 12.9. The number of aromatic nitrogens is 1. The van der Waals surface area contributed by atoms with E-state index in [1.54, 1.807) is 31.4 Å². The number of nitrogens with one attached hydrogen (secondary N) is 1. The van der Waals surface area contributed by atoms with Crippen molar-refractivity contribution in [2.45, 2.75) is 25.4 Å². The molecule has 0 radical (unpaired) electrons. The van der Waals surface area contributed by atoms with E-state index in [2.05, 4.69) is 51.6 Å². The van der Waals surface area contributed by atoms with Gasteiger partial charge in [-0.3, -0.25) is 14.7 Å². The predicted molar refractivity (Wildman–Crippen MR) is 152 cm³/mol. The fourth-order valence-electron chi connectivity index (χ4n) is 5.04. The third kappa shape index (κ3) is 6.88. The Morgan fingerprint density at radius 1 is 0.974 bits per heavy atom. The lowest BCUT2D eigenvalue weighted by Crippen LogP contribution is -2.26. The second kappa shape index (κ2) is 12.7. The molecule has 1 saturated heterocycles. The Hall–Kier alpha value is -4.07. The van der Waals surface area contributed by atoms with Crippen LogP contribution in [0.15, 0.2) is 85.2 Å². The Labute approximate surface area is 228 Å². The van der Waals surface area contributed by atoms with Gasteiger partial charge in [0.1, 0.15) is 6.61 Å². The van der Waals surface area contributed by atoms with Crippen molar-refractivity contribution in [1.29, 1.82) is 0 Å². The Morgan fingerprint density at radius 2 is 1.77 bits per heavy atom. The number of anilines is 1. The van der Waals surface area contributed by atoms with Crippen molar-refractivity contribution in [3.05, 3.63) is 107 Å². The van der Waals surface area contributed by atoms with E-state index >= 15 is 0 Å². The maximum Gasteiger partial charge on any atom is 0.338 e. The number of ether oxygens (including phenoxy) is 2. The van der Waals surface area contributed by atoms with Crippen molar-refractivity contribution in [2.75, 3.05) is 38.7 Å². The van der Waals surface area contributed by atoms with Gasteiger partial charge in [-0.05, 0) is 41.8 Å². The number of ketones is 1. The Morgan fingerprint density at radius 3 is 2.62 bits per heavy atom. The van der Waals surface area contributed by atoms with Gasteiger partial charge in [0.05, 0.1) is 12.2 Å². The zero-order valence-electron chi connectivity index (χ0n) is 22.1. The summed E-state index contributed by atoms with van der Waals surface area (Å²) in [5.41, 5.74) is 4.33. The molecule has 200 valence electrons. The largest absolute Gasteiger partial charge is 0.460 e. The molecule has 1 N–H and O–H groups in total. The van der Waals surface area contributed by atoms with Gasteiger partial charge in [0.25, 0.3) is 0 Å². The topological polar surface area (TPSA) is 80.8 Å². The van der Waals surface area contributed by atoms with E-state index in [1.165, 1.54) is 10.9 Å². The molecule has 1 aromatic heterocycles. The number of methoxy groups -OCH3 is 1. The molecule has 3 aromatic carbocycles. The minimum Gasteiger partial charge on any atom is -0.460 e. The second-order valence-electron chi connectivity index (χ2n) is 9.89. The molecule has 1 aliphatic heterocycles. The monoisotopic (exact) mass is 523 g/mol. The summed E-state index contributed by atoms with van der Waals surface area (Å²) in [6.45, 7) is 3.38. The zero-order valence-corrected chi connectivity index (χ0v) is 22.1. The molecule has 7 nitrogen and oxygen atoms in total. The molecule has 0 saturated carbocycles. The van der Waals surface area contributed by atoms with Crippen molar-refractivity contribution >= 4 is 28.2 Å². The smallest absolute Gasteiger partial charge is 0.338 e. The summed E-state index contributed by atoms with van der Waals surface area (Å²) in [6.07, 6.45) is 5.12. The first-order valence-corrected chi connectivity index (χ1v) is 13.3. The summed E-state index contributed by atoms with van der Waals surface area (Å²) in [7, 11) is 1.55. The van der Waals surface area contributed by atoms with E-state index in [9.17, 15) is 9.59 Å². The van der Waals surface area contributed by atoms with Crippen molar-refractivity contribution in [2.24, 2.45) is 0 Å². The molecule has 7 heteroatoms. The van der Waals surface area contributed by atoms with Crippen molar-refractivity contribution in [1.82, 2.24) is 9.88 Å². The van der Waals surface area contributed by atoms with Crippen LogP contribution >= 0.6 is 0 Å². The van der Waals surface area contributed by atoms with Crippen LogP contribution in [0.2, 0.25) is 0 Å². The highest BCUT2D eigenvalue weighted by molar-refractivity contribution is 5.98. The van der Waals surface area contributed by atoms with Gasteiger partial charge in [-0.15, -0.1) is 0 Å². The maximum atomic E-state index is 12.9. The normalized spacial score (nSPS) is 15.4. The van der Waals surface area contributed by atoms with Crippen molar-refractivity contribution in [3.8, 4) is 0 Å². The number of Topliss-reactive ketones (excluding diaryl/α,β-unsaturated/α-hetero) is 1. The Kier molecular flexibility index (Phi) is 8.61. The molecule has 1 unspecified atom stereocenters. The Bertz CT molecular complexity index is 1430. The molecule has 39 heavy (non-hydrogen) atoms. The average molecular weight is 524 g/mol. The van der Waals surface area contributed by atoms with Crippen LogP contribution in [0, 0.1) is 0 Å². The van der Waals surface area contributed by atoms with Crippen LogP contribution in [0.4, 0.5) is 5.69 Å². The number of likely N-dealkylation sites (tertiary alicyclic amines) is 1. The molecular formula is C32H33N3O4. The van der Waals surface area contributed by atoms with E-state index in [0.29, 0.717) is 30.2 Å². The van der Waals surface area contributed by atoms with E-state index in [0.717, 1.165) is 42.7 Å². The van der Waals surface area contributed by atoms with Crippen LogP contribution in [0.1, 0.15) is 38.3 Å². The second-order valence-corrected chi connectivity index (χ2v) is 9.89. The number of carbonyl (C=O) groups is 2. The van der Waals surface area contributed by atoms with Gasteiger partial charge in [-0.2, -0.15) is 0 Å². The molecule has 1 aliphatic rings. The lowest BCUT2D eigenvalue weighted by Gasteiger charge is -2.18. The highest BCUT2D eigenvalue weighted by atomic mass is 16.6. The van der Waals surface area contributed by atoms with Crippen LogP contribution in [0.25, 0.3) is 10.8 Å². The quantitative estimate of drug-likeness (QED) is 0.165. The summed E-state index contributed by atoms with van der Waals surface area (Å²) in [6, 6.07) is 23.6. The zero-order chi connectivity index (χ0) is 27.0. The molecular weight excluding hydrogens is 490 g/mol. The Balaban J connectivity index is 1.14. The van der Waals surface area contributed by atoms with Gasteiger partial charge in [0.2, 0.25) is 0 Å². The fraction of sp³-hybridized carbons (Fsp3) is 0.281. The molecule has 4 aromatic rings. The lowest BCUT2D eigenvalue weighted by molar-refractivity contribution is 0.0388. The number of esters is 1. The minimum absolute atomic E-state index is 0.0159. The van der Waals surface area contributed by atoms with Crippen LogP contribution in [-0.2, 0) is 22.4 Å². The van der Waals surface area contributed by atoms with Gasteiger partial charge in [-0.1, -0.05) is 48.5 Å². The van der Waals surface area contributed by atoms with Crippen molar-refractivity contribution in [3.63, 3.8) is 0 Å². The number of rotatable bonds is 11. The van der Waals surface area contributed by atoms with E-state index < -0.39 is 5.97 Å². The summed E-state index contributed by atoms with van der Waals surface area (Å²) < 4.78 is 10.0. The molecule has 0 spiro atoms. The summed E-state index contributed by atoms with van der Waals surface area (Å²) in [4.78, 5) is 31.7. The third-order valence-electron chi connectivity index (χ3n) is 7.04. The van der Waals surface area contributed by atoms with Gasteiger partial charge < -0.3 is 14.8 Å². The van der Waals surface area contributed by atoms with E-state index in [4.69, 9.17) is 9.47 Å². The minimum atomic E-state index is -0.424. The fourth-order valence-corrected chi connectivity index (χ4v) is 5.04. The van der Waals surface area contributed by atoms with Crippen LogP contribution < -0.4 is 5.32 Å². The first-order chi connectivity index (χ1) is 19.1. The average Bonchev–Trinajstić information content (AvgIpc) is 3.40. The number of nitrogens with zero attached hydrogens (tertiary/aromatic N) is 2. The number of carbonyl (C=O) groups excluding carboxylic acids is 2. The molecule has 0 aliphatic carbocycles. The molecule has 1 fully saturated rings. The van der Waals surface area contributed by atoms with Crippen LogP contribution in [-0.4, -0.2) is 61.1 Å².